The van der Waals surface area contributed by atoms with Crippen molar-refractivity contribution in [1.82, 2.24) is 15.2 Å². The SMILES string of the molecule is O=C(c1ccc(OCC(F)(F)F)nc1)N1CCC2CCC(C1)N2. The molecule has 1 aromatic rings. The van der Waals surface area contributed by atoms with Gasteiger partial charge in [0.2, 0.25) is 5.88 Å². The number of ether oxygens (including phenoxy) is 1. The minimum atomic E-state index is -4.41. The van der Waals surface area contributed by atoms with Crippen molar-refractivity contribution < 1.29 is 22.7 Å². The van der Waals surface area contributed by atoms with E-state index in [1.54, 1.807) is 4.90 Å². The maximum Gasteiger partial charge on any atom is 0.422 e. The highest BCUT2D eigenvalue weighted by Gasteiger charge is 2.32. The van der Waals surface area contributed by atoms with Gasteiger partial charge in [-0.3, -0.25) is 4.79 Å². The van der Waals surface area contributed by atoms with Crippen LogP contribution in [0.2, 0.25) is 0 Å². The van der Waals surface area contributed by atoms with Gasteiger partial charge < -0.3 is 15.0 Å². The summed E-state index contributed by atoms with van der Waals surface area (Å²) in [6.07, 6.45) is -0.00197. The third-order valence-electron chi connectivity index (χ3n) is 4.18. The van der Waals surface area contributed by atoms with Crippen LogP contribution < -0.4 is 10.1 Å². The van der Waals surface area contributed by atoms with Gasteiger partial charge in [-0.25, -0.2) is 4.98 Å². The molecule has 2 saturated heterocycles. The third kappa shape index (κ3) is 4.13. The Bertz CT molecular complexity index is 562. The third-order valence-corrected chi connectivity index (χ3v) is 4.18. The molecule has 0 saturated carbocycles. The van der Waals surface area contributed by atoms with Crippen LogP contribution in [-0.2, 0) is 0 Å². The summed E-state index contributed by atoms with van der Waals surface area (Å²) < 4.78 is 40.8. The fourth-order valence-corrected chi connectivity index (χ4v) is 3.06. The van der Waals surface area contributed by atoms with Gasteiger partial charge in [0, 0.05) is 37.4 Å². The molecule has 2 bridgehead atoms. The summed E-state index contributed by atoms with van der Waals surface area (Å²) in [5.41, 5.74) is 0.363. The number of rotatable bonds is 3. The van der Waals surface area contributed by atoms with Crippen molar-refractivity contribution in [3.05, 3.63) is 23.9 Å². The molecule has 3 rings (SSSR count). The lowest BCUT2D eigenvalue weighted by molar-refractivity contribution is -0.154. The van der Waals surface area contributed by atoms with Crippen molar-refractivity contribution in [3.8, 4) is 5.88 Å². The first-order valence-corrected chi connectivity index (χ1v) is 7.61. The largest absolute Gasteiger partial charge is 0.468 e. The molecule has 2 aliphatic rings. The standard InChI is InChI=1S/C15H18F3N3O2/c16-15(17,18)9-23-13-4-1-10(7-19-13)14(22)21-6-5-11-2-3-12(8-21)20-11/h1,4,7,11-12,20H,2-3,5-6,8-9H2. The van der Waals surface area contributed by atoms with Crippen LogP contribution in [0.5, 0.6) is 5.88 Å². The van der Waals surface area contributed by atoms with E-state index in [0.717, 1.165) is 19.3 Å². The van der Waals surface area contributed by atoms with Gasteiger partial charge in [0.05, 0.1) is 5.56 Å². The molecule has 0 radical (unpaired) electrons. The number of amides is 1. The second-order valence-electron chi connectivity index (χ2n) is 5.97. The number of fused-ring (bicyclic) bond motifs is 2. The number of likely N-dealkylation sites (tertiary alicyclic amines) is 1. The zero-order chi connectivity index (χ0) is 16.4. The van der Waals surface area contributed by atoms with Gasteiger partial charge in [-0.05, 0) is 25.3 Å². The van der Waals surface area contributed by atoms with E-state index in [-0.39, 0.29) is 11.8 Å². The van der Waals surface area contributed by atoms with Gasteiger partial charge in [-0.15, -0.1) is 0 Å². The summed E-state index contributed by atoms with van der Waals surface area (Å²) in [4.78, 5) is 18.1. The Balaban J connectivity index is 1.61. The molecule has 0 aromatic carbocycles. The average Bonchev–Trinajstić information content (AvgIpc) is 2.83. The van der Waals surface area contributed by atoms with Crippen molar-refractivity contribution in [2.45, 2.75) is 37.5 Å². The number of halogens is 3. The van der Waals surface area contributed by atoms with E-state index >= 15 is 0 Å². The molecule has 2 atom stereocenters. The van der Waals surface area contributed by atoms with Crippen LogP contribution in [0.1, 0.15) is 29.6 Å². The number of pyridine rings is 1. The Morgan fingerprint density at radius 2 is 2.09 bits per heavy atom. The lowest BCUT2D eigenvalue weighted by atomic mass is 10.1. The van der Waals surface area contributed by atoms with E-state index in [0.29, 0.717) is 30.7 Å². The number of aromatic nitrogens is 1. The van der Waals surface area contributed by atoms with Crippen LogP contribution in [0.25, 0.3) is 0 Å². The molecule has 1 amide bonds. The Morgan fingerprint density at radius 1 is 1.30 bits per heavy atom. The van der Waals surface area contributed by atoms with Crippen molar-refractivity contribution >= 4 is 5.91 Å². The van der Waals surface area contributed by atoms with Crippen LogP contribution >= 0.6 is 0 Å². The topological polar surface area (TPSA) is 54.5 Å². The molecule has 3 heterocycles. The van der Waals surface area contributed by atoms with Crippen LogP contribution in [0, 0.1) is 0 Å². The van der Waals surface area contributed by atoms with Gasteiger partial charge in [0.1, 0.15) is 0 Å². The van der Waals surface area contributed by atoms with E-state index < -0.39 is 12.8 Å². The van der Waals surface area contributed by atoms with E-state index in [4.69, 9.17) is 0 Å². The van der Waals surface area contributed by atoms with E-state index in [2.05, 4.69) is 15.0 Å². The average molecular weight is 329 g/mol. The van der Waals surface area contributed by atoms with Crippen molar-refractivity contribution in [3.63, 3.8) is 0 Å². The number of carbonyl (C=O) groups excluding carboxylic acids is 1. The van der Waals surface area contributed by atoms with E-state index in [9.17, 15) is 18.0 Å². The Labute approximate surface area is 131 Å². The second kappa shape index (κ2) is 6.35. The summed E-state index contributed by atoms with van der Waals surface area (Å²) in [6, 6.07) is 3.56. The summed E-state index contributed by atoms with van der Waals surface area (Å²) in [6.45, 7) is -0.0604. The van der Waals surface area contributed by atoms with E-state index in [1.807, 2.05) is 0 Å². The normalized spacial score (nSPS) is 24.4. The maximum atomic E-state index is 12.5. The highest BCUT2D eigenvalue weighted by atomic mass is 19.4. The summed E-state index contributed by atoms with van der Waals surface area (Å²) in [7, 11) is 0. The Morgan fingerprint density at radius 3 is 2.78 bits per heavy atom. The summed E-state index contributed by atoms with van der Waals surface area (Å²) in [5.74, 6) is -0.287. The lowest BCUT2D eigenvalue weighted by Crippen LogP contribution is -2.39. The number of alkyl halides is 3. The van der Waals surface area contributed by atoms with Gasteiger partial charge in [-0.2, -0.15) is 13.2 Å². The fourth-order valence-electron chi connectivity index (χ4n) is 3.06. The molecular weight excluding hydrogens is 311 g/mol. The molecule has 8 heteroatoms. The molecule has 0 aliphatic carbocycles. The first-order valence-electron chi connectivity index (χ1n) is 7.61. The molecule has 23 heavy (non-hydrogen) atoms. The molecule has 2 fully saturated rings. The molecule has 5 nitrogen and oxygen atoms in total. The zero-order valence-corrected chi connectivity index (χ0v) is 12.5. The highest BCUT2D eigenvalue weighted by Crippen LogP contribution is 2.22. The maximum absolute atomic E-state index is 12.5. The molecule has 126 valence electrons. The number of nitrogens with one attached hydrogen (secondary N) is 1. The molecule has 2 unspecified atom stereocenters. The highest BCUT2D eigenvalue weighted by molar-refractivity contribution is 5.94. The van der Waals surface area contributed by atoms with Gasteiger partial charge in [-0.1, -0.05) is 0 Å². The van der Waals surface area contributed by atoms with Gasteiger partial charge in [0.15, 0.2) is 6.61 Å². The van der Waals surface area contributed by atoms with Crippen molar-refractivity contribution in [2.24, 2.45) is 0 Å². The van der Waals surface area contributed by atoms with Crippen LogP contribution in [0.15, 0.2) is 18.3 Å². The smallest absolute Gasteiger partial charge is 0.422 e. The van der Waals surface area contributed by atoms with Crippen molar-refractivity contribution in [2.75, 3.05) is 19.7 Å². The quantitative estimate of drug-likeness (QED) is 0.921. The molecule has 1 aromatic heterocycles. The van der Waals surface area contributed by atoms with Gasteiger partial charge in [0.25, 0.3) is 5.91 Å². The molecular formula is C15H18F3N3O2. The minimum absolute atomic E-state index is 0.143. The van der Waals surface area contributed by atoms with Crippen LogP contribution in [0.3, 0.4) is 0 Å². The Kier molecular flexibility index (Phi) is 4.43. The zero-order valence-electron chi connectivity index (χ0n) is 12.5. The minimum Gasteiger partial charge on any atom is -0.468 e. The fraction of sp³-hybridized carbons (Fsp3) is 0.600. The molecule has 2 aliphatic heterocycles. The van der Waals surface area contributed by atoms with Crippen molar-refractivity contribution in [1.29, 1.82) is 0 Å². The van der Waals surface area contributed by atoms with Crippen LogP contribution in [-0.4, -0.2) is 53.7 Å². The number of hydrogen-bond donors (Lipinski definition) is 1. The predicted octanol–water partition coefficient (Wildman–Crippen LogP) is 1.99. The molecule has 0 spiro atoms. The number of nitrogens with zero attached hydrogens (tertiary/aromatic N) is 2. The summed E-state index contributed by atoms with van der Waals surface area (Å²) in [5, 5.41) is 3.49. The first kappa shape index (κ1) is 16.0. The van der Waals surface area contributed by atoms with E-state index in [1.165, 1.54) is 18.3 Å². The second-order valence-corrected chi connectivity index (χ2v) is 5.97. The Hall–Kier alpha value is -1.83. The van der Waals surface area contributed by atoms with Gasteiger partial charge >= 0.3 is 6.18 Å². The summed E-state index contributed by atoms with van der Waals surface area (Å²) >= 11 is 0. The number of hydrogen-bond acceptors (Lipinski definition) is 4. The number of carbonyl (C=O) groups is 1. The molecule has 1 N–H and O–H groups in total. The lowest BCUT2D eigenvalue weighted by Gasteiger charge is -2.24. The predicted molar refractivity (Wildman–Crippen MR) is 76.3 cm³/mol. The first-order chi connectivity index (χ1) is 10.9. The van der Waals surface area contributed by atoms with Crippen LogP contribution in [0.4, 0.5) is 13.2 Å². The monoisotopic (exact) mass is 329 g/mol.